The van der Waals surface area contributed by atoms with Crippen molar-refractivity contribution in [1.29, 1.82) is 0 Å². The van der Waals surface area contributed by atoms with Crippen molar-refractivity contribution in [3.8, 4) is 5.75 Å². The van der Waals surface area contributed by atoms with Gasteiger partial charge in [0.05, 0.1) is 6.61 Å². The molecule has 1 saturated heterocycles. The molecule has 184 valence electrons. The first-order chi connectivity index (χ1) is 15.8. The van der Waals surface area contributed by atoms with Gasteiger partial charge in [0.25, 0.3) is 0 Å². The summed E-state index contributed by atoms with van der Waals surface area (Å²) in [5, 5.41) is 11.3. The monoisotopic (exact) mass is 461 g/mol. The number of rotatable bonds is 13. The van der Waals surface area contributed by atoms with E-state index < -0.39 is 12.1 Å². The lowest BCUT2D eigenvalue weighted by atomic mass is 10.0. The average molecular weight is 462 g/mol. The summed E-state index contributed by atoms with van der Waals surface area (Å²) in [6.07, 6.45) is 3.42. The molecule has 0 radical (unpaired) electrons. The highest BCUT2D eigenvalue weighted by atomic mass is 16.5. The fourth-order valence-corrected chi connectivity index (χ4v) is 3.93. The molecule has 1 heterocycles. The number of unbranched alkanes of at least 4 members (excludes halogenated alkanes) is 2. The number of hydrogen-bond donors (Lipinski definition) is 2. The average Bonchev–Trinajstić information content (AvgIpc) is 2.80. The fourth-order valence-electron chi connectivity index (χ4n) is 3.93. The number of ketones is 1. The molecule has 2 rings (SSSR count). The zero-order chi connectivity index (χ0) is 24.2. The van der Waals surface area contributed by atoms with Gasteiger partial charge in [-0.2, -0.15) is 0 Å². The first-order valence-corrected chi connectivity index (χ1v) is 12.1. The molecule has 8 heteroatoms. The molecular weight excluding hydrogens is 422 g/mol. The number of carbonyl (C=O) groups excluding carboxylic acids is 2. The molecule has 0 spiro atoms. The Bertz CT molecular complexity index is 758. The Morgan fingerprint density at radius 1 is 1.03 bits per heavy atom. The number of benzene rings is 1. The number of piperazine rings is 1. The lowest BCUT2D eigenvalue weighted by Gasteiger charge is -2.37. The second-order valence-corrected chi connectivity index (χ2v) is 8.94. The third kappa shape index (κ3) is 9.04. The molecule has 2 amide bonds. The summed E-state index contributed by atoms with van der Waals surface area (Å²) in [6.45, 7) is 9.98. The van der Waals surface area contributed by atoms with Crippen LogP contribution in [0.1, 0.15) is 63.2 Å². The molecule has 1 aliphatic heterocycles. The van der Waals surface area contributed by atoms with Crippen LogP contribution in [0.25, 0.3) is 0 Å². The minimum Gasteiger partial charge on any atom is -0.494 e. The Kier molecular flexibility index (Phi) is 11.2. The summed E-state index contributed by atoms with van der Waals surface area (Å²) < 4.78 is 5.82. The second kappa shape index (κ2) is 13.8. The standard InChI is InChI=1S/C25H39N3O5/c1-4-5-6-8-22(29)20-9-11-21(12-10-20)33-18-7-13-27-14-16-28(17-15-27)24(30)23(19(2)3)26-25(31)32/h9-12,19,23,26H,4-8,13-18H2,1-3H3,(H,31,32). The van der Waals surface area contributed by atoms with Crippen molar-refractivity contribution in [1.82, 2.24) is 15.1 Å². The molecule has 1 aromatic carbocycles. The third-order valence-electron chi connectivity index (χ3n) is 5.97. The zero-order valence-corrected chi connectivity index (χ0v) is 20.2. The predicted molar refractivity (Wildman–Crippen MR) is 128 cm³/mol. The maximum atomic E-state index is 12.7. The van der Waals surface area contributed by atoms with Gasteiger partial charge in [0.15, 0.2) is 5.78 Å². The van der Waals surface area contributed by atoms with Gasteiger partial charge in [0, 0.05) is 44.7 Å². The van der Waals surface area contributed by atoms with Gasteiger partial charge in [-0.25, -0.2) is 4.79 Å². The smallest absolute Gasteiger partial charge is 0.405 e. The van der Waals surface area contributed by atoms with E-state index in [1.807, 2.05) is 38.1 Å². The highest BCUT2D eigenvalue weighted by Gasteiger charge is 2.30. The van der Waals surface area contributed by atoms with Crippen LogP contribution < -0.4 is 10.1 Å². The van der Waals surface area contributed by atoms with Crippen molar-refractivity contribution >= 4 is 17.8 Å². The minimum atomic E-state index is -1.17. The number of nitrogens with zero attached hydrogens (tertiary/aromatic N) is 2. The summed E-state index contributed by atoms with van der Waals surface area (Å²) in [5.74, 6) is 0.701. The molecule has 0 bridgehead atoms. The lowest BCUT2D eigenvalue weighted by molar-refractivity contribution is -0.136. The van der Waals surface area contributed by atoms with E-state index in [0.29, 0.717) is 26.1 Å². The Labute approximate surface area is 197 Å². The minimum absolute atomic E-state index is 0.1000. The van der Waals surface area contributed by atoms with Gasteiger partial charge in [-0.05, 0) is 43.0 Å². The number of carbonyl (C=O) groups is 3. The van der Waals surface area contributed by atoms with Crippen LogP contribution >= 0.6 is 0 Å². The van der Waals surface area contributed by atoms with Gasteiger partial charge in [-0.15, -0.1) is 0 Å². The molecule has 33 heavy (non-hydrogen) atoms. The van der Waals surface area contributed by atoms with Crippen molar-refractivity contribution in [3.63, 3.8) is 0 Å². The van der Waals surface area contributed by atoms with E-state index in [0.717, 1.165) is 56.6 Å². The number of amides is 2. The van der Waals surface area contributed by atoms with E-state index in [1.54, 1.807) is 4.90 Å². The summed E-state index contributed by atoms with van der Waals surface area (Å²) in [7, 11) is 0. The molecule has 0 saturated carbocycles. The van der Waals surface area contributed by atoms with Crippen molar-refractivity contribution in [2.75, 3.05) is 39.3 Å². The topological polar surface area (TPSA) is 99.2 Å². The van der Waals surface area contributed by atoms with E-state index in [2.05, 4.69) is 17.1 Å². The predicted octanol–water partition coefficient (Wildman–Crippen LogP) is 3.65. The van der Waals surface area contributed by atoms with Gasteiger partial charge in [0.2, 0.25) is 5.91 Å². The molecule has 1 aromatic rings. The van der Waals surface area contributed by atoms with Crippen LogP contribution in [0.4, 0.5) is 4.79 Å². The Hall–Kier alpha value is -2.61. The lowest BCUT2D eigenvalue weighted by Crippen LogP contribution is -2.56. The highest BCUT2D eigenvalue weighted by molar-refractivity contribution is 5.96. The van der Waals surface area contributed by atoms with Crippen LogP contribution in [-0.4, -0.2) is 78.1 Å². The van der Waals surface area contributed by atoms with Gasteiger partial charge in [0.1, 0.15) is 11.8 Å². The summed E-state index contributed by atoms with van der Waals surface area (Å²) in [6, 6.07) is 6.68. The molecule has 8 nitrogen and oxygen atoms in total. The quantitative estimate of drug-likeness (QED) is 0.344. The second-order valence-electron chi connectivity index (χ2n) is 8.94. The van der Waals surface area contributed by atoms with Gasteiger partial charge < -0.3 is 20.1 Å². The SMILES string of the molecule is CCCCCC(=O)c1ccc(OCCCN2CCN(C(=O)C(NC(=O)O)C(C)C)CC2)cc1. The highest BCUT2D eigenvalue weighted by Crippen LogP contribution is 2.15. The molecule has 0 aliphatic carbocycles. The van der Waals surface area contributed by atoms with Crippen molar-refractivity contribution in [3.05, 3.63) is 29.8 Å². The first-order valence-electron chi connectivity index (χ1n) is 12.1. The normalized spacial score (nSPS) is 15.3. The molecule has 2 N–H and O–H groups in total. The molecule has 1 atom stereocenters. The van der Waals surface area contributed by atoms with Crippen molar-refractivity contribution in [2.24, 2.45) is 5.92 Å². The van der Waals surface area contributed by atoms with E-state index in [1.165, 1.54) is 0 Å². The molecule has 1 aliphatic rings. The molecule has 1 fully saturated rings. The third-order valence-corrected chi connectivity index (χ3v) is 5.97. The van der Waals surface area contributed by atoms with Crippen LogP contribution in [-0.2, 0) is 4.79 Å². The maximum Gasteiger partial charge on any atom is 0.405 e. The largest absolute Gasteiger partial charge is 0.494 e. The van der Waals surface area contributed by atoms with E-state index in [9.17, 15) is 14.4 Å². The first kappa shape index (κ1) is 26.6. The van der Waals surface area contributed by atoms with Crippen LogP contribution in [0.2, 0.25) is 0 Å². The van der Waals surface area contributed by atoms with Crippen LogP contribution in [0.3, 0.4) is 0 Å². The molecule has 1 unspecified atom stereocenters. The number of carboxylic acid groups (broad SMARTS) is 1. The van der Waals surface area contributed by atoms with Gasteiger partial charge in [-0.1, -0.05) is 33.6 Å². The van der Waals surface area contributed by atoms with Crippen LogP contribution in [0, 0.1) is 5.92 Å². The van der Waals surface area contributed by atoms with Crippen LogP contribution in [0.5, 0.6) is 5.75 Å². The van der Waals surface area contributed by atoms with E-state index in [4.69, 9.17) is 9.84 Å². The van der Waals surface area contributed by atoms with Crippen LogP contribution in [0.15, 0.2) is 24.3 Å². The van der Waals surface area contributed by atoms with Gasteiger partial charge in [-0.3, -0.25) is 14.5 Å². The number of ether oxygens (including phenoxy) is 1. The molecular formula is C25H39N3O5. The Balaban J connectivity index is 1.67. The van der Waals surface area contributed by atoms with Gasteiger partial charge >= 0.3 is 6.09 Å². The maximum absolute atomic E-state index is 12.7. The summed E-state index contributed by atoms with van der Waals surface area (Å²) >= 11 is 0. The zero-order valence-electron chi connectivity index (χ0n) is 20.2. The number of Topliss-reactive ketones (excluding diaryl/α,β-unsaturated/α-hetero) is 1. The van der Waals surface area contributed by atoms with Crippen molar-refractivity contribution < 1.29 is 24.2 Å². The number of nitrogens with one attached hydrogen (secondary N) is 1. The Morgan fingerprint density at radius 3 is 2.27 bits per heavy atom. The van der Waals surface area contributed by atoms with E-state index in [-0.39, 0.29) is 17.6 Å². The fraction of sp³-hybridized carbons (Fsp3) is 0.640. The molecule has 0 aromatic heterocycles. The van der Waals surface area contributed by atoms with Crippen molar-refractivity contribution in [2.45, 2.75) is 58.9 Å². The number of hydrogen-bond acceptors (Lipinski definition) is 5. The summed E-state index contributed by atoms with van der Waals surface area (Å²) in [5.41, 5.74) is 0.740. The van der Waals surface area contributed by atoms with E-state index >= 15 is 0 Å². The summed E-state index contributed by atoms with van der Waals surface area (Å²) in [4.78, 5) is 39.8. The Morgan fingerprint density at radius 2 is 1.70 bits per heavy atom.